The molecular formula is C24H27N3O4. The molecule has 2 amide bonds. The first-order chi connectivity index (χ1) is 14.9. The molecule has 7 nitrogen and oxygen atoms in total. The monoisotopic (exact) mass is 421 g/mol. The number of benzene rings is 2. The van der Waals surface area contributed by atoms with E-state index in [0.717, 1.165) is 32.1 Å². The van der Waals surface area contributed by atoms with Gasteiger partial charge in [-0.15, -0.1) is 0 Å². The lowest BCUT2D eigenvalue weighted by molar-refractivity contribution is -0.385. The molecule has 0 saturated heterocycles. The molecule has 2 aliphatic carbocycles. The van der Waals surface area contributed by atoms with Crippen molar-refractivity contribution in [2.45, 2.75) is 51.1 Å². The minimum atomic E-state index is -0.532. The third kappa shape index (κ3) is 4.76. The molecule has 2 aliphatic rings. The van der Waals surface area contributed by atoms with E-state index in [9.17, 15) is 19.7 Å². The molecule has 2 saturated carbocycles. The summed E-state index contributed by atoms with van der Waals surface area (Å²) in [6.07, 6.45) is 4.22. The number of hydrogen-bond donors (Lipinski definition) is 2. The summed E-state index contributed by atoms with van der Waals surface area (Å²) in [7, 11) is 0. The number of hydrogen-bond acceptors (Lipinski definition) is 4. The Labute approximate surface area is 181 Å². The standard InChI is InChI=1S/C24H27N3O4/c1-15-7-5-12-21(27(30)31)22(15)24(29)26-20-11-6-10-19(20)25-23(28)18-14-17(18)13-16-8-3-2-4-9-16/h2-5,7-9,12,17-20H,6,10-11,13-14H2,1H3,(H,25,28)(H,26,29)/t17?,18?,19-,20-/m1/s1. The van der Waals surface area contributed by atoms with E-state index >= 15 is 0 Å². The Morgan fingerprint density at radius 1 is 1.03 bits per heavy atom. The Balaban J connectivity index is 1.35. The minimum absolute atomic E-state index is 0.0228. The van der Waals surface area contributed by atoms with Crippen molar-refractivity contribution in [1.82, 2.24) is 10.6 Å². The second kappa shape index (κ2) is 8.88. The average molecular weight is 421 g/mol. The molecule has 0 radical (unpaired) electrons. The molecule has 2 aromatic rings. The number of carbonyl (C=O) groups excluding carboxylic acids is 2. The van der Waals surface area contributed by atoms with Crippen LogP contribution in [0.3, 0.4) is 0 Å². The molecule has 31 heavy (non-hydrogen) atoms. The van der Waals surface area contributed by atoms with Gasteiger partial charge in [0.05, 0.1) is 4.92 Å². The molecule has 2 unspecified atom stereocenters. The third-order valence-corrected chi connectivity index (χ3v) is 6.43. The van der Waals surface area contributed by atoms with E-state index in [1.165, 1.54) is 11.6 Å². The molecule has 0 spiro atoms. The van der Waals surface area contributed by atoms with Crippen molar-refractivity contribution >= 4 is 17.5 Å². The fraction of sp³-hybridized carbons (Fsp3) is 0.417. The SMILES string of the molecule is Cc1cccc([N+](=O)[O-])c1C(=O)N[C@@H]1CCC[C@H]1NC(=O)C1CC1Cc1ccccc1. The van der Waals surface area contributed by atoms with Crippen LogP contribution < -0.4 is 10.6 Å². The zero-order chi connectivity index (χ0) is 22.0. The fourth-order valence-corrected chi connectivity index (χ4v) is 4.65. The summed E-state index contributed by atoms with van der Waals surface area (Å²) in [5.41, 5.74) is 1.70. The second-order valence-electron chi connectivity index (χ2n) is 8.64. The minimum Gasteiger partial charge on any atom is -0.351 e. The first-order valence-corrected chi connectivity index (χ1v) is 10.8. The molecule has 2 N–H and O–H groups in total. The number of aryl methyl sites for hydroxylation is 1. The van der Waals surface area contributed by atoms with Crippen molar-refractivity contribution in [1.29, 1.82) is 0 Å². The number of nitrogens with one attached hydrogen (secondary N) is 2. The van der Waals surface area contributed by atoms with Crippen LogP contribution in [0.2, 0.25) is 0 Å². The van der Waals surface area contributed by atoms with Crippen molar-refractivity contribution in [3.05, 3.63) is 75.3 Å². The van der Waals surface area contributed by atoms with Crippen LogP contribution in [-0.2, 0) is 11.2 Å². The molecule has 2 aromatic carbocycles. The Hall–Kier alpha value is -3.22. The summed E-state index contributed by atoms with van der Waals surface area (Å²) in [6.45, 7) is 1.69. The van der Waals surface area contributed by atoms with Crippen LogP contribution in [0.15, 0.2) is 48.5 Å². The van der Waals surface area contributed by atoms with Crippen LogP contribution in [0.1, 0.15) is 47.2 Å². The Morgan fingerprint density at radius 3 is 2.45 bits per heavy atom. The van der Waals surface area contributed by atoms with E-state index in [1.54, 1.807) is 19.1 Å². The summed E-state index contributed by atoms with van der Waals surface area (Å²) in [5.74, 6) is -0.0145. The zero-order valence-corrected chi connectivity index (χ0v) is 17.5. The number of rotatable bonds is 7. The Kier molecular flexibility index (Phi) is 6.02. The van der Waals surface area contributed by atoms with E-state index < -0.39 is 10.8 Å². The maximum Gasteiger partial charge on any atom is 0.282 e. The molecule has 4 atom stereocenters. The Morgan fingerprint density at radius 2 is 1.74 bits per heavy atom. The van der Waals surface area contributed by atoms with Gasteiger partial charge < -0.3 is 10.6 Å². The molecule has 0 heterocycles. The van der Waals surface area contributed by atoms with Gasteiger partial charge in [0.1, 0.15) is 5.56 Å². The van der Waals surface area contributed by atoms with Gasteiger partial charge in [0.15, 0.2) is 0 Å². The lowest BCUT2D eigenvalue weighted by Crippen LogP contribution is -2.49. The quantitative estimate of drug-likeness (QED) is 0.527. The van der Waals surface area contributed by atoms with E-state index in [4.69, 9.17) is 0 Å². The van der Waals surface area contributed by atoms with Crippen LogP contribution in [0, 0.1) is 28.9 Å². The van der Waals surface area contributed by atoms with Gasteiger partial charge in [-0.05, 0) is 56.1 Å². The van der Waals surface area contributed by atoms with Crippen molar-refractivity contribution in [3.8, 4) is 0 Å². The first-order valence-electron chi connectivity index (χ1n) is 10.8. The van der Waals surface area contributed by atoms with E-state index in [1.807, 2.05) is 18.2 Å². The van der Waals surface area contributed by atoms with Crippen molar-refractivity contribution < 1.29 is 14.5 Å². The number of nitro groups is 1. The molecule has 0 aliphatic heterocycles. The highest BCUT2D eigenvalue weighted by Crippen LogP contribution is 2.41. The normalized spacial score (nSPS) is 24.4. The number of carbonyl (C=O) groups is 2. The molecule has 0 bridgehead atoms. The highest BCUT2D eigenvalue weighted by molar-refractivity contribution is 5.99. The van der Waals surface area contributed by atoms with Crippen LogP contribution in [0.5, 0.6) is 0 Å². The molecule has 7 heteroatoms. The smallest absolute Gasteiger partial charge is 0.282 e. The Bertz CT molecular complexity index is 992. The van der Waals surface area contributed by atoms with Crippen molar-refractivity contribution in [2.24, 2.45) is 11.8 Å². The van der Waals surface area contributed by atoms with Gasteiger partial charge in [0, 0.05) is 24.1 Å². The van der Waals surface area contributed by atoms with Gasteiger partial charge in [-0.2, -0.15) is 0 Å². The fourth-order valence-electron chi connectivity index (χ4n) is 4.65. The lowest BCUT2D eigenvalue weighted by Gasteiger charge is -2.22. The zero-order valence-electron chi connectivity index (χ0n) is 17.5. The maximum atomic E-state index is 12.9. The molecule has 0 aromatic heterocycles. The van der Waals surface area contributed by atoms with Gasteiger partial charge in [0.25, 0.3) is 11.6 Å². The summed E-state index contributed by atoms with van der Waals surface area (Å²) >= 11 is 0. The number of amides is 2. The van der Waals surface area contributed by atoms with E-state index in [-0.39, 0.29) is 35.2 Å². The molecular weight excluding hydrogens is 394 g/mol. The van der Waals surface area contributed by atoms with Crippen molar-refractivity contribution in [3.63, 3.8) is 0 Å². The van der Waals surface area contributed by atoms with E-state index in [2.05, 4.69) is 22.8 Å². The molecule has 4 rings (SSSR count). The van der Waals surface area contributed by atoms with Gasteiger partial charge in [-0.3, -0.25) is 19.7 Å². The largest absolute Gasteiger partial charge is 0.351 e. The van der Waals surface area contributed by atoms with Gasteiger partial charge >= 0.3 is 0 Å². The van der Waals surface area contributed by atoms with E-state index in [0.29, 0.717) is 11.5 Å². The topological polar surface area (TPSA) is 101 Å². The number of nitrogens with zero attached hydrogens (tertiary/aromatic N) is 1. The second-order valence-corrected chi connectivity index (χ2v) is 8.64. The van der Waals surface area contributed by atoms with Gasteiger partial charge in [-0.25, -0.2) is 0 Å². The maximum absolute atomic E-state index is 12.9. The van der Waals surface area contributed by atoms with Crippen LogP contribution in [-0.4, -0.2) is 28.8 Å². The van der Waals surface area contributed by atoms with Crippen LogP contribution >= 0.6 is 0 Å². The summed E-state index contributed by atoms with van der Waals surface area (Å²) in [6, 6.07) is 14.4. The average Bonchev–Trinajstić information content (AvgIpc) is 3.39. The summed E-state index contributed by atoms with van der Waals surface area (Å²) in [5, 5.41) is 17.4. The number of nitro benzene ring substituents is 1. The van der Waals surface area contributed by atoms with Crippen LogP contribution in [0.25, 0.3) is 0 Å². The molecule has 2 fully saturated rings. The first kappa shape index (κ1) is 21.0. The predicted octanol–water partition coefficient (Wildman–Crippen LogP) is 3.55. The lowest BCUT2D eigenvalue weighted by atomic mass is 10.0. The molecule has 162 valence electrons. The summed E-state index contributed by atoms with van der Waals surface area (Å²) < 4.78 is 0. The van der Waals surface area contributed by atoms with Crippen LogP contribution in [0.4, 0.5) is 5.69 Å². The predicted molar refractivity (Wildman–Crippen MR) is 117 cm³/mol. The van der Waals surface area contributed by atoms with Gasteiger partial charge in [-0.1, -0.05) is 42.5 Å². The van der Waals surface area contributed by atoms with Crippen molar-refractivity contribution in [2.75, 3.05) is 0 Å². The summed E-state index contributed by atoms with van der Waals surface area (Å²) in [4.78, 5) is 36.4. The van der Waals surface area contributed by atoms with Gasteiger partial charge in [0.2, 0.25) is 5.91 Å². The highest BCUT2D eigenvalue weighted by Gasteiger charge is 2.44. The third-order valence-electron chi connectivity index (χ3n) is 6.43. The highest BCUT2D eigenvalue weighted by atomic mass is 16.6.